The minimum absolute atomic E-state index is 0.0308. The lowest BCUT2D eigenvalue weighted by Crippen LogP contribution is -2.30. The van der Waals surface area contributed by atoms with E-state index >= 15 is 0 Å². The summed E-state index contributed by atoms with van der Waals surface area (Å²) in [6.45, 7) is 8.49. The first-order chi connectivity index (χ1) is 15.1. The van der Waals surface area contributed by atoms with Crippen LogP contribution in [0.25, 0.3) is 11.2 Å². The average molecular weight is 427 g/mol. The number of nitrogens with zero attached hydrogens (tertiary/aromatic N) is 8. The smallest absolute Gasteiger partial charge is 0.187 e. The first kappa shape index (κ1) is 20.0. The quantitative estimate of drug-likeness (QED) is 0.593. The van der Waals surface area contributed by atoms with Gasteiger partial charge >= 0.3 is 0 Å². The molecule has 5 rings (SSSR count). The lowest BCUT2D eigenvalue weighted by molar-refractivity contribution is 0.188. The first-order valence-corrected chi connectivity index (χ1v) is 10.7. The highest BCUT2D eigenvalue weighted by Gasteiger charge is 2.42. The standard InChI is InChI=1S/C21H27FN8O/c1-13(2)17-16(22)19(24-10-23-17)29-6-14-8-30(9-15(14)7-29)21-18-20(25-11-26-21)28(12-27-18)4-5-31-3/h10-15H,4-9H2,1-3H3. The Bertz CT molecular complexity index is 1070. The summed E-state index contributed by atoms with van der Waals surface area (Å²) in [5.41, 5.74) is 2.12. The fourth-order valence-electron chi connectivity index (χ4n) is 4.79. The Labute approximate surface area is 180 Å². The highest BCUT2D eigenvalue weighted by Crippen LogP contribution is 2.37. The summed E-state index contributed by atoms with van der Waals surface area (Å²) >= 11 is 0. The van der Waals surface area contributed by atoms with Crippen molar-refractivity contribution in [1.29, 1.82) is 0 Å². The lowest BCUT2D eigenvalue weighted by atomic mass is 10.0. The number of aromatic nitrogens is 6. The van der Waals surface area contributed by atoms with E-state index in [1.54, 1.807) is 19.8 Å². The molecule has 3 aromatic heterocycles. The van der Waals surface area contributed by atoms with Crippen LogP contribution >= 0.6 is 0 Å². The molecule has 2 atom stereocenters. The Morgan fingerprint density at radius 3 is 2.29 bits per heavy atom. The van der Waals surface area contributed by atoms with Crippen LogP contribution in [0.1, 0.15) is 25.5 Å². The summed E-state index contributed by atoms with van der Waals surface area (Å²) in [6.07, 6.45) is 4.88. The van der Waals surface area contributed by atoms with Gasteiger partial charge in [0.25, 0.3) is 0 Å². The van der Waals surface area contributed by atoms with Gasteiger partial charge in [-0.15, -0.1) is 0 Å². The lowest BCUT2D eigenvalue weighted by Gasteiger charge is -2.24. The third-order valence-corrected chi connectivity index (χ3v) is 6.35. The molecule has 3 aromatic rings. The van der Waals surface area contributed by atoms with Gasteiger partial charge < -0.3 is 19.1 Å². The molecule has 0 N–H and O–H groups in total. The highest BCUT2D eigenvalue weighted by atomic mass is 19.1. The molecule has 0 amide bonds. The molecule has 0 aromatic carbocycles. The van der Waals surface area contributed by atoms with E-state index in [4.69, 9.17) is 4.74 Å². The van der Waals surface area contributed by atoms with Crippen LogP contribution in [0.4, 0.5) is 16.0 Å². The maximum absolute atomic E-state index is 14.9. The molecule has 31 heavy (non-hydrogen) atoms. The monoisotopic (exact) mass is 426 g/mol. The Balaban J connectivity index is 1.33. The van der Waals surface area contributed by atoms with Crippen LogP contribution in [0.5, 0.6) is 0 Å². The molecule has 0 saturated carbocycles. The second-order valence-electron chi connectivity index (χ2n) is 8.68. The number of halogens is 1. The Morgan fingerprint density at radius 1 is 0.968 bits per heavy atom. The minimum Gasteiger partial charge on any atom is -0.383 e. The van der Waals surface area contributed by atoms with E-state index < -0.39 is 0 Å². The van der Waals surface area contributed by atoms with Crippen molar-refractivity contribution in [2.45, 2.75) is 26.3 Å². The fourth-order valence-corrected chi connectivity index (χ4v) is 4.79. The van der Waals surface area contributed by atoms with Crippen molar-refractivity contribution in [1.82, 2.24) is 29.5 Å². The minimum atomic E-state index is -0.284. The molecule has 0 spiro atoms. The van der Waals surface area contributed by atoms with Crippen LogP contribution in [0.3, 0.4) is 0 Å². The van der Waals surface area contributed by atoms with Gasteiger partial charge in [0, 0.05) is 51.7 Å². The largest absolute Gasteiger partial charge is 0.383 e. The van der Waals surface area contributed by atoms with Gasteiger partial charge in [-0.1, -0.05) is 13.8 Å². The predicted octanol–water partition coefficient (Wildman–Crippen LogP) is 2.10. The summed E-state index contributed by atoms with van der Waals surface area (Å²) < 4.78 is 22.1. The summed E-state index contributed by atoms with van der Waals surface area (Å²) in [5.74, 6) is 1.91. The molecular weight excluding hydrogens is 399 g/mol. The van der Waals surface area contributed by atoms with Crippen molar-refractivity contribution >= 4 is 22.8 Å². The van der Waals surface area contributed by atoms with Crippen molar-refractivity contribution in [2.24, 2.45) is 11.8 Å². The zero-order valence-corrected chi connectivity index (χ0v) is 18.1. The second kappa shape index (κ2) is 7.99. The number of hydrogen-bond acceptors (Lipinski definition) is 8. The number of hydrogen-bond donors (Lipinski definition) is 0. The summed E-state index contributed by atoms with van der Waals surface area (Å²) in [5, 5.41) is 0. The van der Waals surface area contributed by atoms with Gasteiger partial charge in [-0.2, -0.15) is 0 Å². The van der Waals surface area contributed by atoms with Gasteiger partial charge in [0.2, 0.25) is 0 Å². The number of rotatable bonds is 6. The molecule has 2 saturated heterocycles. The normalized spacial score (nSPS) is 20.9. The number of methoxy groups -OCH3 is 1. The zero-order chi connectivity index (χ0) is 21.5. The average Bonchev–Trinajstić information content (AvgIpc) is 3.45. The number of fused-ring (bicyclic) bond motifs is 2. The number of ether oxygens (including phenoxy) is 1. The van der Waals surface area contributed by atoms with Gasteiger partial charge in [-0.05, 0) is 5.92 Å². The van der Waals surface area contributed by atoms with Crippen LogP contribution < -0.4 is 9.80 Å². The van der Waals surface area contributed by atoms with Gasteiger partial charge in [0.05, 0.1) is 18.6 Å². The number of anilines is 2. The van der Waals surface area contributed by atoms with Crippen LogP contribution in [0, 0.1) is 17.7 Å². The summed E-state index contributed by atoms with van der Waals surface area (Å²) in [7, 11) is 1.68. The van der Waals surface area contributed by atoms with Crippen LogP contribution in [0.2, 0.25) is 0 Å². The SMILES string of the molecule is COCCn1cnc2c(N3CC4CN(c5ncnc(C(C)C)c5F)CC4C3)ncnc21. The van der Waals surface area contributed by atoms with Crippen molar-refractivity contribution in [2.75, 3.05) is 49.7 Å². The molecule has 2 fully saturated rings. The highest BCUT2D eigenvalue weighted by molar-refractivity contribution is 5.83. The third-order valence-electron chi connectivity index (χ3n) is 6.35. The van der Waals surface area contributed by atoms with Gasteiger partial charge in [-0.3, -0.25) is 0 Å². The van der Waals surface area contributed by atoms with Gasteiger partial charge in [0.15, 0.2) is 28.6 Å². The Hall–Kier alpha value is -2.88. The molecular formula is C21H27FN8O. The van der Waals surface area contributed by atoms with Crippen molar-refractivity contribution in [3.8, 4) is 0 Å². The number of imidazole rings is 1. The third kappa shape index (κ3) is 3.48. The molecule has 0 bridgehead atoms. The van der Waals surface area contributed by atoms with E-state index in [2.05, 4.69) is 34.7 Å². The molecule has 0 aliphatic carbocycles. The van der Waals surface area contributed by atoms with E-state index in [9.17, 15) is 4.39 Å². The Morgan fingerprint density at radius 2 is 1.61 bits per heavy atom. The maximum atomic E-state index is 14.9. The molecule has 164 valence electrons. The molecule has 2 aliphatic rings. The molecule has 9 nitrogen and oxygen atoms in total. The predicted molar refractivity (Wildman–Crippen MR) is 115 cm³/mol. The van der Waals surface area contributed by atoms with Crippen LogP contribution in [-0.4, -0.2) is 69.4 Å². The summed E-state index contributed by atoms with van der Waals surface area (Å²) in [6, 6.07) is 0. The van der Waals surface area contributed by atoms with Gasteiger partial charge in [-0.25, -0.2) is 29.3 Å². The van der Waals surface area contributed by atoms with Crippen molar-refractivity contribution in [3.05, 3.63) is 30.5 Å². The van der Waals surface area contributed by atoms with E-state index in [0.717, 1.165) is 43.2 Å². The van der Waals surface area contributed by atoms with Crippen molar-refractivity contribution < 1.29 is 9.13 Å². The second-order valence-corrected chi connectivity index (χ2v) is 8.68. The van der Waals surface area contributed by atoms with Crippen LogP contribution in [-0.2, 0) is 11.3 Å². The van der Waals surface area contributed by atoms with Crippen LogP contribution in [0.15, 0.2) is 19.0 Å². The Kier molecular flexibility index (Phi) is 5.17. The maximum Gasteiger partial charge on any atom is 0.187 e. The molecule has 2 aliphatic heterocycles. The van der Waals surface area contributed by atoms with E-state index in [1.165, 1.54) is 6.33 Å². The topological polar surface area (TPSA) is 85.1 Å². The molecule has 10 heteroatoms. The first-order valence-electron chi connectivity index (χ1n) is 10.7. The molecule has 0 radical (unpaired) electrons. The van der Waals surface area contributed by atoms with Crippen molar-refractivity contribution in [3.63, 3.8) is 0 Å². The van der Waals surface area contributed by atoms with Gasteiger partial charge in [0.1, 0.15) is 12.7 Å². The molecule has 5 heterocycles. The van der Waals surface area contributed by atoms with E-state index in [-0.39, 0.29) is 11.7 Å². The summed E-state index contributed by atoms with van der Waals surface area (Å²) in [4.78, 5) is 26.3. The van der Waals surface area contributed by atoms with E-state index in [0.29, 0.717) is 36.5 Å². The van der Waals surface area contributed by atoms with E-state index in [1.807, 2.05) is 18.4 Å². The zero-order valence-electron chi connectivity index (χ0n) is 18.1. The fraction of sp³-hybridized carbons (Fsp3) is 0.571. The molecule has 2 unspecified atom stereocenters.